The number of rotatable bonds is 5. The molecule has 1 fully saturated rings. The van der Waals surface area contributed by atoms with Crippen LogP contribution < -0.4 is 5.32 Å². The Kier molecular flexibility index (Phi) is 5.20. The quantitative estimate of drug-likeness (QED) is 0.918. The zero-order valence-electron chi connectivity index (χ0n) is 13.6. The van der Waals surface area contributed by atoms with Gasteiger partial charge in [0.1, 0.15) is 0 Å². The lowest BCUT2D eigenvalue weighted by atomic mass is 9.92. The molecule has 1 amide bonds. The highest BCUT2D eigenvalue weighted by Crippen LogP contribution is 2.27. The van der Waals surface area contributed by atoms with Crippen molar-refractivity contribution in [2.24, 2.45) is 0 Å². The Balaban J connectivity index is 1.49. The maximum Gasteiger partial charge on any atom is 0.258 e. The molecule has 0 atom stereocenters. The minimum atomic E-state index is -1.77. The molecule has 1 aromatic carbocycles. The summed E-state index contributed by atoms with van der Waals surface area (Å²) in [6.07, 6.45) is 2.21. The van der Waals surface area contributed by atoms with Gasteiger partial charge in [-0.3, -0.25) is 14.7 Å². The van der Waals surface area contributed by atoms with Crippen molar-refractivity contribution in [3.05, 3.63) is 66.0 Å². The van der Waals surface area contributed by atoms with Gasteiger partial charge in [-0.05, 0) is 17.7 Å². The van der Waals surface area contributed by atoms with E-state index in [4.69, 9.17) is 0 Å². The molecule has 0 unspecified atom stereocenters. The number of carbonyl (C=O) groups excluding carboxylic acids is 1. The van der Waals surface area contributed by atoms with E-state index in [0.29, 0.717) is 26.2 Å². The highest BCUT2D eigenvalue weighted by Gasteiger charge is 2.41. The van der Waals surface area contributed by atoms with Crippen LogP contribution >= 0.6 is 0 Å². The van der Waals surface area contributed by atoms with Gasteiger partial charge < -0.3 is 5.32 Å². The third kappa shape index (κ3) is 4.17. The van der Waals surface area contributed by atoms with Crippen LogP contribution in [0.1, 0.15) is 24.1 Å². The number of carbonyl (C=O) groups is 1. The van der Waals surface area contributed by atoms with Gasteiger partial charge in [0.2, 0.25) is 0 Å². The van der Waals surface area contributed by atoms with E-state index >= 15 is 0 Å². The number of halogens is 1. The molecule has 126 valence electrons. The molecule has 1 N–H and O–H groups in total. The standard InChI is InChI=1S/C19H22FN3O/c20-19(18(24)22-14-16-6-2-1-3-7-16)9-12-23(13-10-19)15-17-8-4-5-11-21-17/h1-8,11H,9-10,12-15H2,(H,22,24). The molecule has 24 heavy (non-hydrogen) atoms. The normalized spacial score (nSPS) is 17.4. The molecule has 1 saturated heterocycles. The number of piperidine rings is 1. The molecular weight excluding hydrogens is 305 g/mol. The lowest BCUT2D eigenvalue weighted by Crippen LogP contribution is -2.50. The van der Waals surface area contributed by atoms with Gasteiger partial charge in [-0.2, -0.15) is 0 Å². The Morgan fingerprint density at radius 3 is 2.50 bits per heavy atom. The first-order valence-electron chi connectivity index (χ1n) is 8.29. The number of hydrogen-bond acceptors (Lipinski definition) is 3. The van der Waals surface area contributed by atoms with Crippen LogP contribution in [0.15, 0.2) is 54.7 Å². The molecular formula is C19H22FN3O. The first-order valence-corrected chi connectivity index (χ1v) is 8.29. The zero-order valence-corrected chi connectivity index (χ0v) is 13.6. The van der Waals surface area contributed by atoms with Crippen molar-refractivity contribution in [3.63, 3.8) is 0 Å². The van der Waals surface area contributed by atoms with E-state index in [9.17, 15) is 9.18 Å². The number of amides is 1. The van der Waals surface area contributed by atoms with Crippen LogP contribution in [0.3, 0.4) is 0 Å². The number of likely N-dealkylation sites (tertiary alicyclic amines) is 1. The van der Waals surface area contributed by atoms with Crippen molar-refractivity contribution in [1.29, 1.82) is 0 Å². The number of aromatic nitrogens is 1. The summed E-state index contributed by atoms with van der Waals surface area (Å²) < 4.78 is 14.9. The summed E-state index contributed by atoms with van der Waals surface area (Å²) in [5.41, 5.74) is 0.175. The summed E-state index contributed by atoms with van der Waals surface area (Å²) in [4.78, 5) is 18.7. The number of alkyl halides is 1. The number of nitrogens with zero attached hydrogens (tertiary/aromatic N) is 2. The summed E-state index contributed by atoms with van der Waals surface area (Å²) >= 11 is 0. The highest BCUT2D eigenvalue weighted by atomic mass is 19.1. The van der Waals surface area contributed by atoms with E-state index in [1.807, 2.05) is 48.5 Å². The summed E-state index contributed by atoms with van der Waals surface area (Å²) in [6.45, 7) is 2.18. The molecule has 3 rings (SSSR count). The second-order valence-electron chi connectivity index (χ2n) is 6.23. The molecule has 0 aliphatic carbocycles. The van der Waals surface area contributed by atoms with E-state index in [1.165, 1.54) is 0 Å². The second-order valence-corrected chi connectivity index (χ2v) is 6.23. The molecule has 0 radical (unpaired) electrons. The summed E-state index contributed by atoms with van der Waals surface area (Å²) in [6, 6.07) is 15.3. The number of hydrogen-bond donors (Lipinski definition) is 1. The first-order chi connectivity index (χ1) is 11.7. The maximum absolute atomic E-state index is 14.9. The van der Waals surface area contributed by atoms with Gasteiger partial charge in [0, 0.05) is 45.2 Å². The summed E-state index contributed by atoms with van der Waals surface area (Å²) in [5, 5.41) is 2.73. The fraction of sp³-hybridized carbons (Fsp3) is 0.368. The van der Waals surface area contributed by atoms with Crippen molar-refractivity contribution in [3.8, 4) is 0 Å². The largest absolute Gasteiger partial charge is 0.349 e. The van der Waals surface area contributed by atoms with Crippen LogP contribution in [0.4, 0.5) is 4.39 Å². The van der Waals surface area contributed by atoms with Gasteiger partial charge in [0.15, 0.2) is 5.67 Å². The lowest BCUT2D eigenvalue weighted by molar-refractivity contribution is -0.136. The molecule has 5 heteroatoms. The molecule has 0 spiro atoms. The second kappa shape index (κ2) is 7.53. The summed E-state index contributed by atoms with van der Waals surface area (Å²) in [5.74, 6) is -0.496. The van der Waals surface area contributed by atoms with Gasteiger partial charge in [0.05, 0.1) is 5.69 Å². The van der Waals surface area contributed by atoms with Crippen LogP contribution in [0.5, 0.6) is 0 Å². The monoisotopic (exact) mass is 327 g/mol. The minimum Gasteiger partial charge on any atom is -0.349 e. The Labute approximate surface area is 141 Å². The third-order valence-corrected chi connectivity index (χ3v) is 4.46. The van der Waals surface area contributed by atoms with E-state index in [0.717, 1.165) is 11.3 Å². The first kappa shape index (κ1) is 16.6. The Morgan fingerprint density at radius 1 is 1.12 bits per heavy atom. The SMILES string of the molecule is O=C(NCc1ccccc1)C1(F)CCN(Cc2ccccn2)CC1. The average Bonchev–Trinajstić information content (AvgIpc) is 2.63. The Bertz CT molecular complexity index is 655. The van der Waals surface area contributed by atoms with Crippen LogP contribution in [-0.4, -0.2) is 34.5 Å². The molecule has 1 aliphatic rings. The number of nitrogens with one attached hydrogen (secondary N) is 1. The van der Waals surface area contributed by atoms with Crippen LogP contribution in [0, 0.1) is 0 Å². The molecule has 0 bridgehead atoms. The predicted octanol–water partition coefficient (Wildman–Crippen LogP) is 2.70. The molecule has 0 saturated carbocycles. The lowest BCUT2D eigenvalue weighted by Gasteiger charge is -2.35. The van der Waals surface area contributed by atoms with E-state index in [2.05, 4.69) is 15.2 Å². The van der Waals surface area contributed by atoms with Crippen molar-refractivity contribution in [1.82, 2.24) is 15.2 Å². The minimum absolute atomic E-state index is 0.223. The van der Waals surface area contributed by atoms with Crippen molar-refractivity contribution < 1.29 is 9.18 Å². The van der Waals surface area contributed by atoms with Gasteiger partial charge in [0.25, 0.3) is 5.91 Å². The van der Waals surface area contributed by atoms with E-state index in [1.54, 1.807) is 6.20 Å². The van der Waals surface area contributed by atoms with Gasteiger partial charge in [-0.15, -0.1) is 0 Å². The van der Waals surface area contributed by atoms with E-state index in [-0.39, 0.29) is 12.8 Å². The molecule has 2 heterocycles. The topological polar surface area (TPSA) is 45.2 Å². The van der Waals surface area contributed by atoms with Gasteiger partial charge in [-0.25, -0.2) is 4.39 Å². The van der Waals surface area contributed by atoms with Crippen molar-refractivity contribution in [2.45, 2.75) is 31.6 Å². The van der Waals surface area contributed by atoms with Crippen molar-refractivity contribution in [2.75, 3.05) is 13.1 Å². The predicted molar refractivity (Wildman–Crippen MR) is 90.9 cm³/mol. The number of pyridine rings is 1. The maximum atomic E-state index is 14.9. The highest BCUT2D eigenvalue weighted by molar-refractivity contribution is 5.85. The third-order valence-electron chi connectivity index (χ3n) is 4.46. The fourth-order valence-electron chi connectivity index (χ4n) is 2.95. The van der Waals surface area contributed by atoms with Crippen LogP contribution in [0.2, 0.25) is 0 Å². The Hall–Kier alpha value is -2.27. The average molecular weight is 327 g/mol. The van der Waals surface area contributed by atoms with Gasteiger partial charge >= 0.3 is 0 Å². The molecule has 2 aromatic rings. The Morgan fingerprint density at radius 2 is 1.83 bits per heavy atom. The van der Waals surface area contributed by atoms with Crippen LogP contribution in [0.25, 0.3) is 0 Å². The molecule has 4 nitrogen and oxygen atoms in total. The van der Waals surface area contributed by atoms with Crippen LogP contribution in [-0.2, 0) is 17.9 Å². The zero-order chi connectivity index (χ0) is 16.8. The van der Waals surface area contributed by atoms with Gasteiger partial charge in [-0.1, -0.05) is 36.4 Å². The van der Waals surface area contributed by atoms with Crippen molar-refractivity contribution >= 4 is 5.91 Å². The van der Waals surface area contributed by atoms with E-state index < -0.39 is 11.6 Å². The molecule has 1 aromatic heterocycles. The summed E-state index contributed by atoms with van der Waals surface area (Å²) in [7, 11) is 0. The fourth-order valence-corrected chi connectivity index (χ4v) is 2.95. The smallest absolute Gasteiger partial charge is 0.258 e. The number of benzene rings is 1. The molecule has 1 aliphatic heterocycles.